The molecule has 2 aromatic rings. The molecule has 30 heavy (non-hydrogen) atoms. The predicted molar refractivity (Wildman–Crippen MR) is 115 cm³/mol. The van der Waals surface area contributed by atoms with Crippen LogP contribution >= 0.6 is 0 Å². The quantitative estimate of drug-likeness (QED) is 0.725. The minimum atomic E-state index is -3.54. The first-order valence-electron chi connectivity index (χ1n) is 9.95. The van der Waals surface area contributed by atoms with Gasteiger partial charge in [0.25, 0.3) is 5.91 Å². The molecule has 2 aromatic carbocycles. The normalized spacial score (nSPS) is 19.8. The minimum absolute atomic E-state index is 0.157. The molecule has 0 aromatic heterocycles. The Labute approximate surface area is 178 Å². The molecule has 7 nitrogen and oxygen atoms in total. The molecule has 162 valence electrons. The van der Waals surface area contributed by atoms with Crippen LogP contribution < -0.4 is 14.8 Å². The third-order valence-corrected chi connectivity index (χ3v) is 6.89. The predicted octanol–water partition coefficient (Wildman–Crippen LogP) is 3.38. The number of carbonyl (C=O) groups excluding carboxylic acids is 1. The van der Waals surface area contributed by atoms with Crippen LogP contribution in [0.5, 0.6) is 11.5 Å². The van der Waals surface area contributed by atoms with E-state index in [9.17, 15) is 13.2 Å². The van der Waals surface area contributed by atoms with Crippen molar-refractivity contribution in [3.05, 3.63) is 48.5 Å². The summed E-state index contributed by atoms with van der Waals surface area (Å²) in [6.07, 6.45) is 1.04. The van der Waals surface area contributed by atoms with Crippen LogP contribution in [0.25, 0.3) is 0 Å². The standard InChI is InChI=1S/C22H28N2O5S/c1-16-12-17(2)14-24(13-16)30(26,27)21-10-4-18(5-11-21)23-22(25)15-29-20-8-6-19(28-3)7-9-20/h4-11,16-17H,12-15H2,1-3H3,(H,23,25). The van der Waals surface area contributed by atoms with Gasteiger partial charge in [0.05, 0.1) is 12.0 Å². The van der Waals surface area contributed by atoms with Gasteiger partial charge in [-0.1, -0.05) is 13.8 Å². The lowest BCUT2D eigenvalue weighted by atomic mass is 9.94. The molecule has 8 heteroatoms. The van der Waals surface area contributed by atoms with E-state index in [0.29, 0.717) is 42.1 Å². The van der Waals surface area contributed by atoms with Crippen molar-refractivity contribution in [1.29, 1.82) is 0 Å². The van der Waals surface area contributed by atoms with Gasteiger partial charge in [-0.05, 0) is 66.8 Å². The van der Waals surface area contributed by atoms with Crippen molar-refractivity contribution in [2.45, 2.75) is 25.2 Å². The smallest absolute Gasteiger partial charge is 0.262 e. The van der Waals surface area contributed by atoms with Gasteiger partial charge in [-0.3, -0.25) is 4.79 Å². The molecule has 0 spiro atoms. The number of sulfonamides is 1. The summed E-state index contributed by atoms with van der Waals surface area (Å²) in [7, 11) is -1.96. The van der Waals surface area contributed by atoms with Gasteiger partial charge in [0.15, 0.2) is 6.61 Å². The Kier molecular flexibility index (Phi) is 6.99. The first-order chi connectivity index (χ1) is 14.3. The van der Waals surface area contributed by atoms with Gasteiger partial charge in [-0.2, -0.15) is 4.31 Å². The summed E-state index contributed by atoms with van der Waals surface area (Å²) < 4.78 is 37.9. The van der Waals surface area contributed by atoms with Crippen LogP contribution in [0.15, 0.2) is 53.4 Å². The van der Waals surface area contributed by atoms with Crippen LogP contribution in [0.2, 0.25) is 0 Å². The van der Waals surface area contributed by atoms with Gasteiger partial charge in [0.2, 0.25) is 10.0 Å². The molecular formula is C22H28N2O5S. The van der Waals surface area contributed by atoms with Gasteiger partial charge in [0, 0.05) is 18.8 Å². The molecule has 3 rings (SSSR count). The van der Waals surface area contributed by atoms with Crippen LogP contribution in [0.4, 0.5) is 5.69 Å². The van der Waals surface area contributed by atoms with E-state index in [0.717, 1.165) is 6.42 Å². The highest BCUT2D eigenvalue weighted by Gasteiger charge is 2.31. The molecule has 2 atom stereocenters. The zero-order chi connectivity index (χ0) is 21.7. The van der Waals surface area contributed by atoms with E-state index in [2.05, 4.69) is 19.2 Å². The van der Waals surface area contributed by atoms with Crippen molar-refractivity contribution in [2.24, 2.45) is 11.8 Å². The molecule has 1 N–H and O–H groups in total. The highest BCUT2D eigenvalue weighted by atomic mass is 32.2. The number of hydrogen-bond donors (Lipinski definition) is 1. The molecule has 0 bridgehead atoms. The Hall–Kier alpha value is -2.58. The fraction of sp³-hybridized carbons (Fsp3) is 0.409. The Bertz CT molecular complexity index is 948. The van der Waals surface area contributed by atoms with Crippen LogP contribution in [0.1, 0.15) is 20.3 Å². The first kappa shape index (κ1) is 22.1. The number of ether oxygens (including phenoxy) is 2. The van der Waals surface area contributed by atoms with Crippen molar-refractivity contribution < 1.29 is 22.7 Å². The lowest BCUT2D eigenvalue weighted by Gasteiger charge is -2.34. The highest BCUT2D eigenvalue weighted by Crippen LogP contribution is 2.27. The Morgan fingerprint density at radius 2 is 1.57 bits per heavy atom. The number of methoxy groups -OCH3 is 1. The number of rotatable bonds is 7. The number of anilines is 1. The Balaban J connectivity index is 1.57. The molecule has 1 heterocycles. The molecule has 1 fully saturated rings. The minimum Gasteiger partial charge on any atom is -0.497 e. The molecule has 1 saturated heterocycles. The van der Waals surface area contributed by atoms with Crippen molar-refractivity contribution >= 4 is 21.6 Å². The maximum Gasteiger partial charge on any atom is 0.262 e. The van der Waals surface area contributed by atoms with Crippen LogP contribution in [0.3, 0.4) is 0 Å². The SMILES string of the molecule is COc1ccc(OCC(=O)Nc2ccc(S(=O)(=O)N3CC(C)CC(C)C3)cc2)cc1. The van der Waals surface area contributed by atoms with E-state index in [1.54, 1.807) is 47.8 Å². The summed E-state index contributed by atoms with van der Waals surface area (Å²) in [4.78, 5) is 12.4. The van der Waals surface area contributed by atoms with Crippen molar-refractivity contribution in [3.8, 4) is 11.5 Å². The van der Waals surface area contributed by atoms with Gasteiger partial charge in [-0.15, -0.1) is 0 Å². The third kappa shape index (κ3) is 5.52. The fourth-order valence-corrected chi connectivity index (χ4v) is 5.36. The molecule has 1 amide bonds. The topological polar surface area (TPSA) is 84.9 Å². The van der Waals surface area contributed by atoms with E-state index in [-0.39, 0.29) is 17.4 Å². The van der Waals surface area contributed by atoms with Crippen LogP contribution in [-0.4, -0.2) is 45.4 Å². The van der Waals surface area contributed by atoms with Crippen molar-refractivity contribution in [3.63, 3.8) is 0 Å². The number of piperidine rings is 1. The molecular weight excluding hydrogens is 404 g/mol. The third-order valence-electron chi connectivity index (χ3n) is 5.04. The monoisotopic (exact) mass is 432 g/mol. The number of carbonyl (C=O) groups is 1. The van der Waals surface area contributed by atoms with Gasteiger partial charge in [0.1, 0.15) is 11.5 Å². The van der Waals surface area contributed by atoms with E-state index in [1.807, 2.05) is 0 Å². The maximum absolute atomic E-state index is 12.9. The zero-order valence-corrected chi connectivity index (χ0v) is 18.3. The summed E-state index contributed by atoms with van der Waals surface area (Å²) in [5.74, 6) is 1.60. The average molecular weight is 433 g/mol. The maximum atomic E-state index is 12.9. The van der Waals surface area contributed by atoms with E-state index in [1.165, 1.54) is 12.1 Å². The second-order valence-electron chi connectivity index (χ2n) is 7.80. The Morgan fingerprint density at radius 3 is 2.13 bits per heavy atom. The average Bonchev–Trinajstić information content (AvgIpc) is 2.72. The molecule has 0 radical (unpaired) electrons. The number of amides is 1. The summed E-state index contributed by atoms with van der Waals surface area (Å²) in [6, 6.07) is 13.2. The van der Waals surface area contributed by atoms with Crippen molar-refractivity contribution in [2.75, 3.05) is 32.1 Å². The summed E-state index contributed by atoms with van der Waals surface area (Å²) in [5, 5.41) is 2.71. The van der Waals surface area contributed by atoms with Crippen LogP contribution in [-0.2, 0) is 14.8 Å². The molecule has 0 saturated carbocycles. The molecule has 0 aliphatic carbocycles. The fourth-order valence-electron chi connectivity index (χ4n) is 3.68. The number of benzene rings is 2. The largest absolute Gasteiger partial charge is 0.497 e. The molecule has 1 aliphatic rings. The lowest BCUT2D eigenvalue weighted by Crippen LogP contribution is -2.42. The summed E-state index contributed by atoms with van der Waals surface area (Å²) in [5.41, 5.74) is 0.512. The van der Waals surface area contributed by atoms with Crippen LogP contribution in [0, 0.1) is 11.8 Å². The van der Waals surface area contributed by atoms with E-state index < -0.39 is 10.0 Å². The Morgan fingerprint density at radius 1 is 1.00 bits per heavy atom. The number of hydrogen-bond acceptors (Lipinski definition) is 5. The molecule has 2 unspecified atom stereocenters. The van der Waals surface area contributed by atoms with E-state index >= 15 is 0 Å². The second kappa shape index (κ2) is 9.49. The van der Waals surface area contributed by atoms with Gasteiger partial charge in [-0.25, -0.2) is 8.42 Å². The van der Waals surface area contributed by atoms with Crippen molar-refractivity contribution in [1.82, 2.24) is 4.31 Å². The lowest BCUT2D eigenvalue weighted by molar-refractivity contribution is -0.118. The zero-order valence-electron chi connectivity index (χ0n) is 17.5. The van der Waals surface area contributed by atoms with E-state index in [4.69, 9.17) is 9.47 Å². The summed E-state index contributed by atoms with van der Waals surface area (Å²) >= 11 is 0. The van der Waals surface area contributed by atoms with Gasteiger partial charge >= 0.3 is 0 Å². The number of nitrogens with one attached hydrogen (secondary N) is 1. The second-order valence-corrected chi connectivity index (χ2v) is 9.74. The summed E-state index contributed by atoms with van der Waals surface area (Å²) in [6.45, 7) is 5.06. The number of nitrogens with zero attached hydrogens (tertiary/aromatic N) is 1. The van der Waals surface area contributed by atoms with Gasteiger partial charge < -0.3 is 14.8 Å². The molecule has 1 aliphatic heterocycles. The first-order valence-corrected chi connectivity index (χ1v) is 11.4. The highest BCUT2D eigenvalue weighted by molar-refractivity contribution is 7.89.